The predicted octanol–water partition coefficient (Wildman–Crippen LogP) is 3.00. The van der Waals surface area contributed by atoms with Crippen molar-refractivity contribution in [2.24, 2.45) is 11.8 Å². The molecule has 3 aliphatic rings. The van der Waals surface area contributed by atoms with Gasteiger partial charge in [0.25, 0.3) is 0 Å². The number of rotatable bonds is 4. The van der Waals surface area contributed by atoms with Gasteiger partial charge < -0.3 is 9.84 Å². The molecule has 4 rings (SSSR count). The fraction of sp³-hybridized carbons (Fsp3) is 0.875. The van der Waals surface area contributed by atoms with Crippen molar-refractivity contribution in [3.05, 3.63) is 11.7 Å². The number of nitrogens with one attached hydrogen (secondary N) is 1. The summed E-state index contributed by atoms with van der Waals surface area (Å²) in [5, 5.41) is 7.85. The molecule has 0 amide bonds. The molecule has 0 aromatic carbocycles. The van der Waals surface area contributed by atoms with Gasteiger partial charge in [0.15, 0.2) is 5.82 Å². The summed E-state index contributed by atoms with van der Waals surface area (Å²) in [6.45, 7) is 4.32. The molecule has 4 unspecified atom stereocenters. The molecule has 4 nitrogen and oxygen atoms in total. The molecule has 0 radical (unpaired) electrons. The van der Waals surface area contributed by atoms with Crippen molar-refractivity contribution in [2.75, 3.05) is 13.1 Å². The first-order chi connectivity index (χ1) is 9.81. The molecule has 2 bridgehead atoms. The first-order valence-corrected chi connectivity index (χ1v) is 8.35. The topological polar surface area (TPSA) is 51.0 Å². The molecule has 0 spiro atoms. The summed E-state index contributed by atoms with van der Waals surface area (Å²) in [5.41, 5.74) is 0.109. The van der Waals surface area contributed by atoms with Crippen LogP contribution in [0.3, 0.4) is 0 Å². The minimum Gasteiger partial charge on any atom is -0.339 e. The van der Waals surface area contributed by atoms with Crippen LogP contribution in [0.5, 0.6) is 0 Å². The summed E-state index contributed by atoms with van der Waals surface area (Å²) in [6, 6.07) is 0. The normalized spacial score (nSPS) is 39.8. The van der Waals surface area contributed by atoms with Crippen molar-refractivity contribution in [1.29, 1.82) is 0 Å². The molecule has 1 aromatic heterocycles. The van der Waals surface area contributed by atoms with Gasteiger partial charge in [-0.2, -0.15) is 4.98 Å². The van der Waals surface area contributed by atoms with Crippen molar-refractivity contribution in [3.8, 4) is 0 Å². The molecule has 1 N–H and O–H groups in total. The van der Waals surface area contributed by atoms with Crippen LogP contribution in [-0.2, 0) is 5.41 Å². The number of fused-ring (bicyclic) bond motifs is 2. The first-order valence-electron chi connectivity index (χ1n) is 8.35. The summed E-state index contributed by atoms with van der Waals surface area (Å²) in [6.07, 6.45) is 8.96. The Hall–Kier alpha value is -0.900. The van der Waals surface area contributed by atoms with Gasteiger partial charge in [-0.05, 0) is 50.5 Å². The minimum atomic E-state index is 0.109. The van der Waals surface area contributed by atoms with E-state index in [-0.39, 0.29) is 5.41 Å². The third kappa shape index (κ3) is 1.92. The van der Waals surface area contributed by atoms with Gasteiger partial charge in [-0.25, -0.2) is 0 Å². The largest absolute Gasteiger partial charge is 0.339 e. The van der Waals surface area contributed by atoms with E-state index in [0.717, 1.165) is 49.5 Å². The fourth-order valence-electron chi connectivity index (χ4n) is 4.89. The predicted molar refractivity (Wildman–Crippen MR) is 76.6 cm³/mol. The second-order valence-electron chi connectivity index (χ2n) is 7.20. The summed E-state index contributed by atoms with van der Waals surface area (Å²) in [4.78, 5) is 4.87. The molecule has 2 heterocycles. The van der Waals surface area contributed by atoms with E-state index in [1.165, 1.54) is 32.1 Å². The Kier molecular flexibility index (Phi) is 3.09. The highest BCUT2D eigenvalue weighted by molar-refractivity contribution is 5.13. The lowest BCUT2D eigenvalue weighted by atomic mass is 9.82. The van der Waals surface area contributed by atoms with E-state index >= 15 is 0 Å². The second-order valence-corrected chi connectivity index (χ2v) is 7.20. The van der Waals surface area contributed by atoms with Crippen LogP contribution in [0.15, 0.2) is 4.52 Å². The third-order valence-corrected chi connectivity index (χ3v) is 5.94. The Bertz CT molecular complexity index is 478. The van der Waals surface area contributed by atoms with Crippen molar-refractivity contribution < 1.29 is 4.52 Å². The average Bonchev–Trinajstić information content (AvgIpc) is 3.22. The molecule has 20 heavy (non-hydrogen) atoms. The van der Waals surface area contributed by atoms with Crippen LogP contribution in [0.25, 0.3) is 0 Å². The lowest BCUT2D eigenvalue weighted by Gasteiger charge is -2.22. The van der Waals surface area contributed by atoms with Gasteiger partial charge in [0, 0.05) is 12.5 Å². The Labute approximate surface area is 120 Å². The molecule has 3 fully saturated rings. The molecule has 1 aliphatic heterocycles. The van der Waals surface area contributed by atoms with Crippen LogP contribution in [0.2, 0.25) is 0 Å². The molecule has 4 atom stereocenters. The SMILES string of the molecule is CCCC1(c2nc(C3CC4CCC3C4)no2)CCNC1. The summed E-state index contributed by atoms with van der Waals surface area (Å²) < 4.78 is 5.72. The first kappa shape index (κ1) is 12.8. The van der Waals surface area contributed by atoms with Crippen molar-refractivity contribution in [1.82, 2.24) is 15.5 Å². The smallest absolute Gasteiger partial charge is 0.234 e. The second kappa shape index (κ2) is 4.83. The van der Waals surface area contributed by atoms with E-state index in [9.17, 15) is 0 Å². The fourth-order valence-corrected chi connectivity index (χ4v) is 4.89. The van der Waals surface area contributed by atoms with Gasteiger partial charge in [-0.3, -0.25) is 0 Å². The number of aromatic nitrogens is 2. The summed E-state index contributed by atoms with van der Waals surface area (Å²) in [7, 11) is 0. The molecular formula is C16H25N3O. The highest BCUT2D eigenvalue weighted by atomic mass is 16.5. The zero-order chi connectivity index (χ0) is 13.6. The molecule has 1 saturated heterocycles. The van der Waals surface area contributed by atoms with Crippen LogP contribution in [0.4, 0.5) is 0 Å². The number of nitrogens with zero attached hydrogens (tertiary/aromatic N) is 2. The Morgan fingerprint density at radius 1 is 1.35 bits per heavy atom. The van der Waals surface area contributed by atoms with Crippen LogP contribution < -0.4 is 5.32 Å². The monoisotopic (exact) mass is 275 g/mol. The Morgan fingerprint density at radius 2 is 2.30 bits per heavy atom. The molecule has 1 aromatic rings. The van der Waals surface area contributed by atoms with E-state index < -0.39 is 0 Å². The van der Waals surface area contributed by atoms with E-state index in [1.807, 2.05) is 0 Å². The lowest BCUT2D eigenvalue weighted by molar-refractivity contribution is 0.273. The molecule has 2 saturated carbocycles. The van der Waals surface area contributed by atoms with E-state index in [1.54, 1.807) is 0 Å². The van der Waals surface area contributed by atoms with Crippen LogP contribution >= 0.6 is 0 Å². The number of hydrogen-bond acceptors (Lipinski definition) is 4. The van der Waals surface area contributed by atoms with E-state index in [0.29, 0.717) is 5.92 Å². The molecule has 4 heteroatoms. The van der Waals surface area contributed by atoms with Gasteiger partial charge in [0.05, 0.1) is 5.41 Å². The van der Waals surface area contributed by atoms with Gasteiger partial charge in [-0.1, -0.05) is 24.9 Å². The quantitative estimate of drug-likeness (QED) is 0.917. The Morgan fingerprint density at radius 3 is 2.95 bits per heavy atom. The van der Waals surface area contributed by atoms with Gasteiger partial charge in [0.2, 0.25) is 5.89 Å². The standard InChI is InChI=1S/C16H25N3O/c1-2-5-16(6-7-17-10-16)15-18-14(19-20-15)13-9-11-3-4-12(13)8-11/h11-13,17H,2-10H2,1H3. The van der Waals surface area contributed by atoms with Crippen molar-refractivity contribution in [3.63, 3.8) is 0 Å². The zero-order valence-electron chi connectivity index (χ0n) is 12.4. The van der Waals surface area contributed by atoms with Crippen molar-refractivity contribution in [2.45, 2.75) is 63.2 Å². The summed E-state index contributed by atoms with van der Waals surface area (Å²) >= 11 is 0. The highest BCUT2D eigenvalue weighted by Gasteiger charge is 2.44. The van der Waals surface area contributed by atoms with Gasteiger partial charge in [-0.15, -0.1) is 0 Å². The van der Waals surface area contributed by atoms with Crippen LogP contribution in [0.1, 0.15) is 69.5 Å². The average molecular weight is 275 g/mol. The number of hydrogen-bond donors (Lipinski definition) is 1. The third-order valence-electron chi connectivity index (χ3n) is 5.94. The molecule has 110 valence electrons. The lowest BCUT2D eigenvalue weighted by Crippen LogP contribution is -2.29. The Balaban J connectivity index is 1.58. The van der Waals surface area contributed by atoms with E-state index in [4.69, 9.17) is 9.51 Å². The van der Waals surface area contributed by atoms with Crippen LogP contribution in [-0.4, -0.2) is 23.2 Å². The maximum Gasteiger partial charge on any atom is 0.234 e. The van der Waals surface area contributed by atoms with Crippen molar-refractivity contribution >= 4 is 0 Å². The maximum absolute atomic E-state index is 5.72. The maximum atomic E-state index is 5.72. The molecule has 2 aliphatic carbocycles. The zero-order valence-corrected chi connectivity index (χ0v) is 12.4. The van der Waals surface area contributed by atoms with Gasteiger partial charge in [0.1, 0.15) is 0 Å². The van der Waals surface area contributed by atoms with E-state index in [2.05, 4.69) is 17.4 Å². The minimum absolute atomic E-state index is 0.109. The van der Waals surface area contributed by atoms with Crippen LogP contribution in [0, 0.1) is 11.8 Å². The van der Waals surface area contributed by atoms with Gasteiger partial charge >= 0.3 is 0 Å². The summed E-state index contributed by atoms with van der Waals surface area (Å²) in [5.74, 6) is 4.26. The highest BCUT2D eigenvalue weighted by Crippen LogP contribution is 2.52. The molecular weight excluding hydrogens is 250 g/mol.